The van der Waals surface area contributed by atoms with Gasteiger partial charge in [-0.1, -0.05) is 17.7 Å². The maximum Gasteiger partial charge on any atom is 0.410 e. The average Bonchev–Trinajstić information content (AvgIpc) is 2.67. The van der Waals surface area contributed by atoms with Crippen LogP contribution in [0.2, 0.25) is 5.02 Å². The van der Waals surface area contributed by atoms with E-state index in [9.17, 15) is 14.0 Å². The predicted octanol–water partition coefficient (Wildman–Crippen LogP) is 6.11. The number of nitrogens with one attached hydrogen (secondary N) is 1. The van der Waals surface area contributed by atoms with Gasteiger partial charge in [-0.25, -0.2) is 9.18 Å². The van der Waals surface area contributed by atoms with Crippen molar-refractivity contribution in [1.29, 1.82) is 0 Å². The maximum absolute atomic E-state index is 12.9. The number of likely N-dealkylation sites (tertiary alicyclic amines) is 1. The minimum atomic E-state index is -0.486. The van der Waals surface area contributed by atoms with Crippen LogP contribution in [0.5, 0.6) is 0 Å². The van der Waals surface area contributed by atoms with Crippen LogP contribution in [0.15, 0.2) is 42.5 Å². The Hall–Kier alpha value is -2.80. The third kappa shape index (κ3) is 8.04. The smallest absolute Gasteiger partial charge is 0.410 e. The molecule has 8 heteroatoms. The third-order valence-electron chi connectivity index (χ3n) is 4.75. The Morgan fingerprint density at radius 1 is 1.19 bits per heavy atom. The van der Waals surface area contributed by atoms with Crippen LogP contribution >= 0.6 is 11.6 Å². The summed E-state index contributed by atoms with van der Waals surface area (Å²) in [6.45, 7) is 8.64. The number of piperidine rings is 1. The summed E-state index contributed by atoms with van der Waals surface area (Å²) >= 11 is 5.80. The number of nitrogens with zero attached hydrogens (tertiary/aromatic N) is 1. The monoisotopic (exact) mass is 463 g/mol. The van der Waals surface area contributed by atoms with Gasteiger partial charge in [-0.3, -0.25) is 4.79 Å². The first-order chi connectivity index (χ1) is 15.0. The Morgan fingerprint density at radius 2 is 1.91 bits per heavy atom. The van der Waals surface area contributed by atoms with Crippen molar-refractivity contribution in [2.75, 3.05) is 17.6 Å². The molecule has 1 saturated heterocycles. The normalized spacial score (nSPS) is 15.9. The number of anilines is 2. The van der Waals surface area contributed by atoms with Crippen molar-refractivity contribution in [2.45, 2.75) is 58.6 Å². The number of benzene rings is 2. The summed E-state index contributed by atoms with van der Waals surface area (Å²) in [6.07, 6.45) is 3.26. The lowest BCUT2D eigenvalue weighted by Gasteiger charge is -2.34. The molecule has 1 atom stereocenters. The van der Waals surface area contributed by atoms with Gasteiger partial charge in [-0.15, -0.1) is 0 Å². The van der Waals surface area contributed by atoms with Crippen molar-refractivity contribution in [3.05, 3.63) is 58.9 Å². The number of hydrogen-bond donors (Lipinski definition) is 2. The fourth-order valence-corrected chi connectivity index (χ4v) is 3.43. The van der Waals surface area contributed by atoms with Gasteiger partial charge in [0.2, 0.25) is 0 Å². The molecule has 0 unspecified atom stereocenters. The Balaban J connectivity index is 0.000000235. The van der Waals surface area contributed by atoms with Crippen molar-refractivity contribution in [1.82, 2.24) is 4.90 Å². The molecular weight excluding hydrogens is 433 g/mol. The molecular formula is C24H31ClFN3O3. The molecule has 2 aromatic carbocycles. The molecule has 1 aliphatic rings. The highest BCUT2D eigenvalue weighted by atomic mass is 35.5. The number of carbonyl (C=O) groups is 2. The second kappa shape index (κ2) is 11.2. The van der Waals surface area contributed by atoms with Gasteiger partial charge in [0.05, 0.1) is 10.6 Å². The van der Waals surface area contributed by atoms with Crippen LogP contribution in [0.4, 0.5) is 20.6 Å². The molecule has 1 fully saturated rings. The van der Waals surface area contributed by atoms with E-state index < -0.39 is 11.7 Å². The zero-order valence-corrected chi connectivity index (χ0v) is 19.7. The van der Waals surface area contributed by atoms with Crippen LogP contribution in [0, 0.1) is 5.82 Å². The van der Waals surface area contributed by atoms with Gasteiger partial charge in [0.25, 0.3) is 5.91 Å². The number of rotatable bonds is 2. The van der Waals surface area contributed by atoms with Crippen LogP contribution < -0.4 is 11.1 Å². The Labute approximate surface area is 193 Å². The summed E-state index contributed by atoms with van der Waals surface area (Å²) in [6, 6.07) is 10.7. The highest BCUT2D eigenvalue weighted by Gasteiger charge is 2.27. The van der Waals surface area contributed by atoms with Crippen LogP contribution in [0.25, 0.3) is 0 Å². The van der Waals surface area contributed by atoms with Crippen molar-refractivity contribution >= 4 is 35.0 Å². The molecule has 2 aromatic rings. The van der Waals surface area contributed by atoms with Crippen molar-refractivity contribution in [2.24, 2.45) is 0 Å². The number of nitrogen functional groups attached to an aromatic ring is 1. The van der Waals surface area contributed by atoms with E-state index in [0.29, 0.717) is 17.4 Å². The van der Waals surface area contributed by atoms with Crippen molar-refractivity contribution in [3.8, 4) is 0 Å². The quantitative estimate of drug-likeness (QED) is 0.526. The molecule has 3 rings (SSSR count). The minimum absolute atomic E-state index is 0.0661. The number of carbonyl (C=O) groups excluding carboxylic acids is 2. The highest BCUT2D eigenvalue weighted by Crippen LogP contribution is 2.21. The summed E-state index contributed by atoms with van der Waals surface area (Å²) in [7, 11) is 0. The molecule has 0 aromatic heterocycles. The van der Waals surface area contributed by atoms with Gasteiger partial charge in [-0.05, 0) is 83.4 Å². The lowest BCUT2D eigenvalue weighted by molar-refractivity contribution is 0.0120. The van der Waals surface area contributed by atoms with Gasteiger partial charge in [-0.2, -0.15) is 0 Å². The van der Waals surface area contributed by atoms with Gasteiger partial charge in [0, 0.05) is 24.0 Å². The molecule has 6 nitrogen and oxygen atoms in total. The first-order valence-corrected chi connectivity index (χ1v) is 11.0. The van der Waals surface area contributed by atoms with Crippen LogP contribution in [-0.4, -0.2) is 35.1 Å². The Kier molecular flexibility index (Phi) is 8.89. The lowest BCUT2D eigenvalue weighted by Crippen LogP contribution is -2.44. The van der Waals surface area contributed by atoms with Crippen LogP contribution in [0.3, 0.4) is 0 Å². The number of ether oxygens (including phenoxy) is 1. The summed E-state index contributed by atoms with van der Waals surface area (Å²) in [5.41, 5.74) is 6.52. The van der Waals surface area contributed by atoms with E-state index in [0.717, 1.165) is 25.5 Å². The van der Waals surface area contributed by atoms with Gasteiger partial charge in [0.1, 0.15) is 11.4 Å². The molecule has 0 aliphatic carbocycles. The third-order valence-corrected chi connectivity index (χ3v) is 5.06. The number of nitrogens with two attached hydrogens (primary N) is 1. The summed E-state index contributed by atoms with van der Waals surface area (Å²) < 4.78 is 18.2. The Morgan fingerprint density at radius 3 is 2.50 bits per heavy atom. The fraction of sp³-hybridized carbons (Fsp3) is 0.417. The van der Waals surface area contributed by atoms with E-state index in [4.69, 9.17) is 22.1 Å². The van der Waals surface area contributed by atoms with E-state index in [-0.39, 0.29) is 22.3 Å². The standard InChI is InChI=1S/C13H10ClFN2O.C11H21NO2/c14-12-6-8(15)4-5-11(12)13(18)17-10-3-1-2-9(16)7-10;1-9-7-5-6-8-12(9)10(13)14-11(2,3)4/h1-7H,16H2,(H,17,18);9H,5-8H2,1-4H3/t;9-/m.0/s1. The fourth-order valence-electron chi connectivity index (χ4n) is 3.18. The largest absolute Gasteiger partial charge is 0.444 e. The molecule has 3 N–H and O–H groups in total. The van der Waals surface area contributed by atoms with Crippen LogP contribution in [0.1, 0.15) is 57.3 Å². The zero-order valence-electron chi connectivity index (χ0n) is 19.0. The van der Waals surface area contributed by atoms with Gasteiger partial charge < -0.3 is 20.7 Å². The minimum Gasteiger partial charge on any atom is -0.444 e. The lowest BCUT2D eigenvalue weighted by atomic mass is 10.0. The van der Waals surface area contributed by atoms with Gasteiger partial charge in [0.15, 0.2) is 0 Å². The number of hydrogen-bond acceptors (Lipinski definition) is 4. The predicted molar refractivity (Wildman–Crippen MR) is 126 cm³/mol. The van der Waals surface area contributed by atoms with Gasteiger partial charge >= 0.3 is 6.09 Å². The molecule has 32 heavy (non-hydrogen) atoms. The van der Waals surface area contributed by atoms with Crippen molar-refractivity contribution in [3.63, 3.8) is 0 Å². The SMILES string of the molecule is C[C@H]1CCCCN1C(=O)OC(C)(C)C.Nc1cccc(NC(=O)c2ccc(F)cc2Cl)c1. The van der Waals surface area contributed by atoms with Crippen LogP contribution in [-0.2, 0) is 4.74 Å². The first kappa shape index (κ1) is 25.5. The highest BCUT2D eigenvalue weighted by molar-refractivity contribution is 6.34. The average molecular weight is 464 g/mol. The van der Waals surface area contributed by atoms with E-state index in [1.54, 1.807) is 24.3 Å². The number of halogens is 2. The topological polar surface area (TPSA) is 84.7 Å². The van der Waals surface area contributed by atoms with Crippen molar-refractivity contribution < 1.29 is 18.7 Å². The second-order valence-corrected chi connectivity index (χ2v) is 9.13. The number of amides is 2. The van der Waals surface area contributed by atoms with E-state index in [1.165, 1.54) is 18.6 Å². The maximum atomic E-state index is 12.9. The zero-order chi connectivity index (χ0) is 23.9. The molecule has 174 valence electrons. The molecule has 0 radical (unpaired) electrons. The second-order valence-electron chi connectivity index (χ2n) is 8.72. The molecule has 1 aliphatic heterocycles. The van der Waals surface area contributed by atoms with E-state index >= 15 is 0 Å². The summed E-state index contributed by atoms with van der Waals surface area (Å²) in [4.78, 5) is 25.5. The molecule has 0 spiro atoms. The molecule has 0 saturated carbocycles. The first-order valence-electron chi connectivity index (χ1n) is 10.6. The van der Waals surface area contributed by atoms with E-state index in [1.807, 2.05) is 25.7 Å². The summed E-state index contributed by atoms with van der Waals surface area (Å²) in [5, 5.41) is 2.70. The Bertz CT molecular complexity index is 946. The summed E-state index contributed by atoms with van der Waals surface area (Å²) in [5.74, 6) is -0.897. The molecule has 2 amide bonds. The van der Waals surface area contributed by atoms with E-state index in [2.05, 4.69) is 12.2 Å². The molecule has 0 bridgehead atoms. The molecule has 1 heterocycles.